The molecule has 0 N–H and O–H groups in total. The zero-order chi connectivity index (χ0) is 9.26. The molecule has 0 bridgehead atoms. The average molecular weight is 259 g/mol. The first kappa shape index (κ1) is 8.77. The predicted molar refractivity (Wildman–Crippen MR) is 55.7 cm³/mol. The van der Waals surface area contributed by atoms with Crippen LogP contribution in [0.15, 0.2) is 28.3 Å². The van der Waals surface area contributed by atoms with Gasteiger partial charge in [0.2, 0.25) is 0 Å². The van der Waals surface area contributed by atoms with Crippen molar-refractivity contribution in [3.63, 3.8) is 0 Å². The Morgan fingerprint density at radius 1 is 1.62 bits per heavy atom. The SMILES string of the molecule is COc1cnn(-c2cccs2)c1Br. The highest BCUT2D eigenvalue weighted by Crippen LogP contribution is 2.28. The molecule has 0 aromatic carbocycles. The van der Waals surface area contributed by atoms with Crippen LogP contribution in [0.2, 0.25) is 0 Å². The summed E-state index contributed by atoms with van der Waals surface area (Å²) in [5.74, 6) is 0.744. The Bertz CT molecular complexity index is 396. The number of nitrogens with zero attached hydrogens (tertiary/aromatic N) is 2. The molecular weight excluding hydrogens is 252 g/mol. The zero-order valence-corrected chi connectivity index (χ0v) is 9.30. The molecule has 0 radical (unpaired) electrons. The number of hydrogen-bond acceptors (Lipinski definition) is 3. The lowest BCUT2D eigenvalue weighted by Gasteiger charge is -1.98. The van der Waals surface area contributed by atoms with Gasteiger partial charge >= 0.3 is 0 Å². The van der Waals surface area contributed by atoms with Crippen molar-refractivity contribution in [3.05, 3.63) is 28.3 Å². The summed E-state index contributed by atoms with van der Waals surface area (Å²) in [5, 5.41) is 7.26. The molecule has 0 aliphatic rings. The van der Waals surface area contributed by atoms with Crippen LogP contribution < -0.4 is 4.74 Å². The first-order valence-electron chi connectivity index (χ1n) is 3.64. The van der Waals surface area contributed by atoms with Gasteiger partial charge in [-0.1, -0.05) is 0 Å². The van der Waals surface area contributed by atoms with Crippen LogP contribution in [0.1, 0.15) is 0 Å². The van der Waals surface area contributed by atoms with Crippen molar-refractivity contribution in [2.24, 2.45) is 0 Å². The Kier molecular flexibility index (Phi) is 2.37. The maximum atomic E-state index is 5.10. The van der Waals surface area contributed by atoms with Crippen LogP contribution in [0.5, 0.6) is 5.75 Å². The summed E-state index contributed by atoms with van der Waals surface area (Å²) < 4.78 is 7.74. The van der Waals surface area contributed by atoms with E-state index in [1.807, 2.05) is 17.5 Å². The van der Waals surface area contributed by atoms with Crippen LogP contribution >= 0.6 is 27.3 Å². The standard InChI is InChI=1S/C8H7BrN2OS/c1-12-6-5-10-11(8(6)9)7-3-2-4-13-7/h2-5H,1H3. The minimum Gasteiger partial charge on any atom is -0.492 e. The van der Waals surface area contributed by atoms with Gasteiger partial charge < -0.3 is 4.74 Å². The van der Waals surface area contributed by atoms with Gasteiger partial charge in [-0.25, -0.2) is 4.68 Å². The van der Waals surface area contributed by atoms with E-state index in [4.69, 9.17) is 4.74 Å². The Morgan fingerprint density at radius 2 is 2.46 bits per heavy atom. The Balaban J connectivity index is 2.48. The molecule has 68 valence electrons. The van der Waals surface area contributed by atoms with E-state index >= 15 is 0 Å². The maximum Gasteiger partial charge on any atom is 0.171 e. The number of hydrogen-bond donors (Lipinski definition) is 0. The summed E-state index contributed by atoms with van der Waals surface area (Å²) in [7, 11) is 1.63. The van der Waals surface area contributed by atoms with Gasteiger partial charge in [0, 0.05) is 0 Å². The number of methoxy groups -OCH3 is 1. The fraction of sp³-hybridized carbons (Fsp3) is 0.125. The second-order valence-electron chi connectivity index (χ2n) is 2.37. The molecule has 0 aliphatic carbocycles. The van der Waals surface area contributed by atoms with Crippen molar-refractivity contribution in [1.29, 1.82) is 0 Å². The highest BCUT2D eigenvalue weighted by atomic mass is 79.9. The van der Waals surface area contributed by atoms with E-state index < -0.39 is 0 Å². The smallest absolute Gasteiger partial charge is 0.171 e. The van der Waals surface area contributed by atoms with Gasteiger partial charge in [-0.05, 0) is 33.4 Å². The summed E-state index contributed by atoms with van der Waals surface area (Å²) in [5.41, 5.74) is 0. The van der Waals surface area contributed by atoms with Crippen LogP contribution in [-0.2, 0) is 0 Å². The molecule has 0 fully saturated rings. The summed E-state index contributed by atoms with van der Waals surface area (Å²) in [4.78, 5) is 0. The van der Waals surface area contributed by atoms with Gasteiger partial charge in [-0.2, -0.15) is 5.10 Å². The molecule has 2 aromatic heterocycles. The highest BCUT2D eigenvalue weighted by molar-refractivity contribution is 9.10. The Labute approximate surface area is 88.1 Å². The number of rotatable bonds is 2. The van der Waals surface area contributed by atoms with E-state index in [1.54, 1.807) is 29.3 Å². The lowest BCUT2D eigenvalue weighted by atomic mass is 10.6. The van der Waals surface area contributed by atoms with Gasteiger partial charge in [-0.15, -0.1) is 11.3 Å². The van der Waals surface area contributed by atoms with Crippen molar-refractivity contribution in [1.82, 2.24) is 9.78 Å². The molecule has 0 spiro atoms. The van der Waals surface area contributed by atoms with Gasteiger partial charge in [0.1, 0.15) is 5.00 Å². The Hall–Kier alpha value is -0.810. The highest BCUT2D eigenvalue weighted by Gasteiger charge is 2.09. The normalized spacial score (nSPS) is 10.3. The third-order valence-electron chi connectivity index (χ3n) is 1.61. The lowest BCUT2D eigenvalue weighted by Crippen LogP contribution is -1.92. The first-order valence-corrected chi connectivity index (χ1v) is 5.31. The van der Waals surface area contributed by atoms with Crippen LogP contribution in [0.25, 0.3) is 5.00 Å². The molecule has 0 saturated heterocycles. The van der Waals surface area contributed by atoms with E-state index in [1.165, 1.54) is 0 Å². The summed E-state index contributed by atoms with van der Waals surface area (Å²) in [6, 6.07) is 3.99. The van der Waals surface area contributed by atoms with Crippen molar-refractivity contribution >= 4 is 27.3 Å². The van der Waals surface area contributed by atoms with E-state index in [9.17, 15) is 0 Å². The summed E-state index contributed by atoms with van der Waals surface area (Å²) in [6.07, 6.45) is 1.68. The van der Waals surface area contributed by atoms with Gasteiger partial charge in [0.15, 0.2) is 10.4 Å². The molecule has 13 heavy (non-hydrogen) atoms. The second-order valence-corrected chi connectivity index (χ2v) is 4.04. The third kappa shape index (κ3) is 1.49. The van der Waals surface area contributed by atoms with E-state index in [2.05, 4.69) is 21.0 Å². The molecule has 0 atom stereocenters. The monoisotopic (exact) mass is 258 g/mol. The maximum absolute atomic E-state index is 5.10. The van der Waals surface area contributed by atoms with Gasteiger partial charge in [-0.3, -0.25) is 0 Å². The molecule has 2 aromatic rings. The quantitative estimate of drug-likeness (QED) is 0.829. The van der Waals surface area contributed by atoms with E-state index in [0.717, 1.165) is 15.4 Å². The zero-order valence-electron chi connectivity index (χ0n) is 6.90. The number of thiophene rings is 1. The van der Waals surface area contributed by atoms with Crippen LogP contribution in [0, 0.1) is 0 Å². The fourth-order valence-electron chi connectivity index (χ4n) is 0.999. The van der Waals surface area contributed by atoms with E-state index in [0.29, 0.717) is 0 Å². The average Bonchev–Trinajstić information content (AvgIpc) is 2.72. The van der Waals surface area contributed by atoms with Crippen molar-refractivity contribution < 1.29 is 4.74 Å². The second kappa shape index (κ2) is 3.51. The number of aromatic nitrogens is 2. The van der Waals surface area contributed by atoms with E-state index in [-0.39, 0.29) is 0 Å². The van der Waals surface area contributed by atoms with Gasteiger partial charge in [0.05, 0.1) is 13.3 Å². The topological polar surface area (TPSA) is 27.1 Å². The number of halogens is 1. The minimum atomic E-state index is 0.744. The molecule has 3 nitrogen and oxygen atoms in total. The first-order chi connectivity index (χ1) is 6.33. The molecule has 2 rings (SSSR count). The summed E-state index contributed by atoms with van der Waals surface area (Å²) in [6.45, 7) is 0. The molecule has 0 saturated carbocycles. The largest absolute Gasteiger partial charge is 0.492 e. The predicted octanol–water partition coefficient (Wildman–Crippen LogP) is 2.70. The fourth-order valence-corrected chi connectivity index (χ4v) is 2.36. The number of ether oxygens (including phenoxy) is 1. The van der Waals surface area contributed by atoms with Crippen molar-refractivity contribution in [3.8, 4) is 10.8 Å². The van der Waals surface area contributed by atoms with Crippen LogP contribution in [0.4, 0.5) is 0 Å². The van der Waals surface area contributed by atoms with Crippen LogP contribution in [0.3, 0.4) is 0 Å². The van der Waals surface area contributed by atoms with Gasteiger partial charge in [0.25, 0.3) is 0 Å². The van der Waals surface area contributed by atoms with Crippen LogP contribution in [-0.4, -0.2) is 16.9 Å². The molecule has 0 unspecified atom stereocenters. The van der Waals surface area contributed by atoms with Crippen molar-refractivity contribution in [2.45, 2.75) is 0 Å². The summed E-state index contributed by atoms with van der Waals surface area (Å²) >= 11 is 5.04. The minimum absolute atomic E-state index is 0.744. The molecule has 0 aliphatic heterocycles. The Morgan fingerprint density at radius 3 is 3.00 bits per heavy atom. The van der Waals surface area contributed by atoms with Crippen molar-refractivity contribution in [2.75, 3.05) is 7.11 Å². The third-order valence-corrected chi connectivity index (χ3v) is 3.18. The molecule has 0 amide bonds. The molecule has 5 heteroatoms. The molecule has 2 heterocycles. The lowest BCUT2D eigenvalue weighted by molar-refractivity contribution is 0.412. The molecular formula is C8H7BrN2OS.